The Kier molecular flexibility index (Phi) is 12.8. The third-order valence-corrected chi connectivity index (χ3v) is 6.99. The van der Waals surface area contributed by atoms with E-state index in [2.05, 4.69) is 14.8 Å². The summed E-state index contributed by atoms with van der Waals surface area (Å²) in [6.07, 6.45) is 1.60. The fourth-order valence-electron chi connectivity index (χ4n) is 4.14. The topological polar surface area (TPSA) is 200 Å². The molecule has 2 rings (SSSR count). The monoisotopic (exact) mass is 580 g/mol. The average molecular weight is 581 g/mol. The molecule has 0 saturated heterocycles. The summed E-state index contributed by atoms with van der Waals surface area (Å²) in [6.45, 7) is 3.35. The van der Waals surface area contributed by atoms with E-state index in [1.807, 2.05) is 34.9 Å². The van der Waals surface area contributed by atoms with Crippen LogP contribution in [0.3, 0.4) is 0 Å². The number of carbonyl (C=O) groups is 4. The largest absolute Gasteiger partial charge is 0.469 e. The number of phosphoric acid groups is 1. The van der Waals surface area contributed by atoms with Crippen LogP contribution in [0.25, 0.3) is 0 Å². The van der Waals surface area contributed by atoms with Gasteiger partial charge < -0.3 is 30.1 Å². The standard InChI is InChI=1S/C26H37N4O9P/c1-17(24(32)13-23(25(27)33)18(2)39-40(35,36)37)29-26(34)20(12-22(31)9-10-38-3)11-21-14-28-16-30(21)15-19-7-5-4-6-8-19/h4-8,14,16-18,20,23H,9-13,15H2,1-3H3,(H2,27,33)(H,29,34)(H2,35,36,37)/t17-,18+,20+,23-/m0/s1. The van der Waals surface area contributed by atoms with Gasteiger partial charge in [0.15, 0.2) is 5.78 Å². The van der Waals surface area contributed by atoms with Gasteiger partial charge in [-0.3, -0.25) is 23.7 Å². The fourth-order valence-corrected chi connectivity index (χ4v) is 4.72. The quantitative estimate of drug-likeness (QED) is 0.185. The number of hydrogen-bond acceptors (Lipinski definition) is 8. The molecule has 0 aliphatic rings. The summed E-state index contributed by atoms with van der Waals surface area (Å²) in [5, 5.41) is 2.61. The lowest BCUT2D eigenvalue weighted by Crippen LogP contribution is -2.45. The highest BCUT2D eigenvalue weighted by Gasteiger charge is 2.33. The highest BCUT2D eigenvalue weighted by Crippen LogP contribution is 2.39. The third kappa shape index (κ3) is 11.1. The number of hydrogen-bond donors (Lipinski definition) is 4. The summed E-state index contributed by atoms with van der Waals surface area (Å²) in [7, 11) is -3.46. The maximum absolute atomic E-state index is 13.3. The van der Waals surface area contributed by atoms with E-state index in [4.69, 9.17) is 20.3 Å². The number of nitrogens with one attached hydrogen (secondary N) is 1. The number of imidazole rings is 1. The summed E-state index contributed by atoms with van der Waals surface area (Å²) in [5.41, 5.74) is 7.08. The molecule has 40 heavy (non-hydrogen) atoms. The number of ketones is 2. The van der Waals surface area contributed by atoms with Crippen LogP contribution < -0.4 is 11.1 Å². The summed E-state index contributed by atoms with van der Waals surface area (Å²) < 4.78 is 22.5. The Morgan fingerprint density at radius 1 is 1.12 bits per heavy atom. The van der Waals surface area contributed by atoms with Gasteiger partial charge in [0, 0.05) is 51.2 Å². The van der Waals surface area contributed by atoms with Crippen LogP contribution in [-0.2, 0) is 46.0 Å². The molecular formula is C26H37N4O9P. The lowest BCUT2D eigenvalue weighted by Gasteiger charge is -2.24. The molecular weight excluding hydrogens is 543 g/mol. The Labute approximate surface area is 232 Å². The smallest absolute Gasteiger partial charge is 0.384 e. The summed E-state index contributed by atoms with van der Waals surface area (Å²) in [5.74, 6) is -4.48. The first kappa shape index (κ1) is 33.0. The molecule has 0 unspecified atom stereocenters. The molecule has 0 bridgehead atoms. The van der Waals surface area contributed by atoms with E-state index in [1.54, 1.807) is 12.5 Å². The molecule has 0 saturated carbocycles. The van der Waals surface area contributed by atoms with Crippen LogP contribution in [0.5, 0.6) is 0 Å². The van der Waals surface area contributed by atoms with Crippen molar-refractivity contribution >= 4 is 31.2 Å². The minimum atomic E-state index is -4.93. The van der Waals surface area contributed by atoms with Crippen molar-refractivity contribution in [3.05, 3.63) is 54.1 Å². The van der Waals surface area contributed by atoms with Gasteiger partial charge in [0.05, 0.1) is 36.9 Å². The summed E-state index contributed by atoms with van der Waals surface area (Å²) in [6, 6.07) is 8.57. The van der Waals surface area contributed by atoms with E-state index in [0.29, 0.717) is 6.54 Å². The van der Waals surface area contributed by atoms with Crippen LogP contribution in [0.2, 0.25) is 0 Å². The Morgan fingerprint density at radius 3 is 2.40 bits per heavy atom. The van der Waals surface area contributed by atoms with Crippen LogP contribution in [-0.4, -0.2) is 68.6 Å². The van der Waals surface area contributed by atoms with E-state index in [-0.39, 0.29) is 31.7 Å². The molecule has 0 fully saturated rings. The van der Waals surface area contributed by atoms with Crippen LogP contribution in [0.1, 0.15) is 44.4 Å². The number of rotatable bonds is 18. The zero-order chi connectivity index (χ0) is 29.9. The highest BCUT2D eigenvalue weighted by atomic mass is 31.2. The summed E-state index contributed by atoms with van der Waals surface area (Å²) >= 11 is 0. The molecule has 220 valence electrons. The minimum absolute atomic E-state index is 0.0936. The number of nitrogens with zero attached hydrogens (tertiary/aromatic N) is 2. The van der Waals surface area contributed by atoms with E-state index in [0.717, 1.165) is 11.3 Å². The zero-order valence-electron chi connectivity index (χ0n) is 22.8. The van der Waals surface area contributed by atoms with Crippen molar-refractivity contribution in [2.45, 2.75) is 58.2 Å². The number of nitrogens with two attached hydrogens (primary N) is 1. The SMILES string of the molecule is COCCC(=O)C[C@@H](Cc1cncn1Cc1ccccc1)C(=O)N[C@@H](C)C(=O)C[C@H](C(N)=O)[C@@H](C)OP(=O)(O)O. The van der Waals surface area contributed by atoms with Crippen molar-refractivity contribution < 1.29 is 42.8 Å². The van der Waals surface area contributed by atoms with Crippen molar-refractivity contribution in [3.63, 3.8) is 0 Å². The molecule has 0 radical (unpaired) electrons. The van der Waals surface area contributed by atoms with Gasteiger partial charge in [0.1, 0.15) is 5.78 Å². The Hall–Kier alpha value is -3.22. The van der Waals surface area contributed by atoms with Crippen LogP contribution >= 0.6 is 7.82 Å². The number of benzene rings is 1. The summed E-state index contributed by atoms with van der Waals surface area (Å²) in [4.78, 5) is 72.9. The minimum Gasteiger partial charge on any atom is -0.384 e. The van der Waals surface area contributed by atoms with E-state index < -0.39 is 55.8 Å². The van der Waals surface area contributed by atoms with Crippen molar-refractivity contribution in [3.8, 4) is 0 Å². The highest BCUT2D eigenvalue weighted by molar-refractivity contribution is 7.46. The molecule has 1 aromatic heterocycles. The molecule has 4 atom stereocenters. The van der Waals surface area contributed by atoms with Crippen molar-refractivity contribution in [2.24, 2.45) is 17.6 Å². The second-order valence-electron chi connectivity index (χ2n) is 9.60. The molecule has 14 heteroatoms. The Morgan fingerprint density at radius 2 is 1.80 bits per heavy atom. The van der Waals surface area contributed by atoms with Gasteiger partial charge in [-0.1, -0.05) is 30.3 Å². The maximum Gasteiger partial charge on any atom is 0.469 e. The number of aromatic nitrogens is 2. The second kappa shape index (κ2) is 15.5. The first-order valence-electron chi connectivity index (χ1n) is 12.7. The van der Waals surface area contributed by atoms with Crippen molar-refractivity contribution in [1.29, 1.82) is 0 Å². The van der Waals surface area contributed by atoms with Gasteiger partial charge in [-0.05, 0) is 19.4 Å². The zero-order valence-corrected chi connectivity index (χ0v) is 23.7. The molecule has 2 amide bonds. The molecule has 2 aromatic rings. The van der Waals surface area contributed by atoms with Gasteiger partial charge in [-0.2, -0.15) is 0 Å². The lowest BCUT2D eigenvalue weighted by molar-refractivity contribution is -0.134. The molecule has 13 nitrogen and oxygen atoms in total. The molecule has 0 aliphatic carbocycles. The number of amides is 2. The van der Waals surface area contributed by atoms with E-state index >= 15 is 0 Å². The number of ether oxygens (including phenoxy) is 1. The van der Waals surface area contributed by atoms with Gasteiger partial charge in [-0.25, -0.2) is 9.55 Å². The lowest BCUT2D eigenvalue weighted by atomic mass is 9.92. The third-order valence-electron chi connectivity index (χ3n) is 6.38. The number of Topliss-reactive ketones (excluding diaryl/α,β-unsaturated/α-hetero) is 2. The predicted octanol–water partition coefficient (Wildman–Crippen LogP) is 1.15. The predicted molar refractivity (Wildman–Crippen MR) is 144 cm³/mol. The Balaban J connectivity index is 2.15. The molecule has 1 aromatic carbocycles. The van der Waals surface area contributed by atoms with Gasteiger partial charge >= 0.3 is 7.82 Å². The molecule has 1 heterocycles. The van der Waals surface area contributed by atoms with Crippen molar-refractivity contribution in [1.82, 2.24) is 14.9 Å². The normalized spacial score (nSPS) is 14.6. The fraction of sp³-hybridized carbons (Fsp3) is 0.500. The first-order valence-corrected chi connectivity index (χ1v) is 14.2. The maximum atomic E-state index is 13.3. The molecule has 0 aliphatic heterocycles. The van der Waals surface area contributed by atoms with E-state index in [9.17, 15) is 23.7 Å². The van der Waals surface area contributed by atoms with Crippen LogP contribution in [0.4, 0.5) is 0 Å². The number of phosphoric ester groups is 1. The number of primary amides is 1. The van der Waals surface area contributed by atoms with Gasteiger partial charge in [0.2, 0.25) is 11.8 Å². The average Bonchev–Trinajstić information content (AvgIpc) is 3.30. The van der Waals surface area contributed by atoms with Crippen LogP contribution in [0, 0.1) is 11.8 Å². The molecule has 0 spiro atoms. The second-order valence-corrected chi connectivity index (χ2v) is 10.8. The number of methoxy groups -OCH3 is 1. The van der Waals surface area contributed by atoms with Crippen molar-refractivity contribution in [2.75, 3.05) is 13.7 Å². The van der Waals surface area contributed by atoms with Gasteiger partial charge in [-0.15, -0.1) is 0 Å². The Bertz CT molecular complexity index is 1200. The van der Waals surface area contributed by atoms with E-state index in [1.165, 1.54) is 21.0 Å². The number of carbonyl (C=O) groups excluding carboxylic acids is 4. The molecule has 5 N–H and O–H groups in total. The van der Waals surface area contributed by atoms with Gasteiger partial charge in [0.25, 0.3) is 0 Å². The first-order chi connectivity index (χ1) is 18.8. The van der Waals surface area contributed by atoms with Crippen LogP contribution in [0.15, 0.2) is 42.9 Å².